The van der Waals surface area contributed by atoms with E-state index >= 15 is 0 Å². The zero-order chi connectivity index (χ0) is 17.9. The van der Waals surface area contributed by atoms with Gasteiger partial charge in [0.05, 0.1) is 25.9 Å². The lowest BCUT2D eigenvalue weighted by molar-refractivity contribution is -0.910. The molecule has 0 radical (unpaired) electrons. The van der Waals surface area contributed by atoms with Gasteiger partial charge in [0, 0.05) is 12.1 Å². The molecule has 0 aliphatic carbocycles. The third kappa shape index (κ3) is 6.29. The summed E-state index contributed by atoms with van der Waals surface area (Å²) in [5.74, 6) is 0.919. The van der Waals surface area contributed by atoms with Crippen molar-refractivity contribution >= 4 is 23.0 Å². The van der Waals surface area contributed by atoms with Crippen LogP contribution < -0.4 is 20.4 Å². The molecule has 3 N–H and O–H groups in total. The number of nitrogens with one attached hydrogen (secondary N) is 3. The van der Waals surface area contributed by atoms with Crippen molar-refractivity contribution in [3.05, 3.63) is 42.0 Å². The molecule has 0 bridgehead atoms. The van der Waals surface area contributed by atoms with Crippen LogP contribution in [0.25, 0.3) is 0 Å². The second kappa shape index (κ2) is 10.8. The highest BCUT2D eigenvalue weighted by molar-refractivity contribution is 7.80. The van der Waals surface area contributed by atoms with Crippen LogP contribution in [-0.4, -0.2) is 37.6 Å². The van der Waals surface area contributed by atoms with Gasteiger partial charge in [0.25, 0.3) is 0 Å². The summed E-state index contributed by atoms with van der Waals surface area (Å²) in [6, 6.07) is 6.16. The van der Waals surface area contributed by atoms with Gasteiger partial charge in [0.2, 0.25) is 0 Å². The van der Waals surface area contributed by atoms with E-state index in [-0.39, 0.29) is 0 Å². The Morgan fingerprint density at radius 1 is 1.38 bits per heavy atom. The maximum absolute atomic E-state index is 5.50. The van der Waals surface area contributed by atoms with Gasteiger partial charge in [-0.15, -0.1) is 6.58 Å². The smallest absolute Gasteiger partial charge is 0.187 e. The van der Waals surface area contributed by atoms with Crippen molar-refractivity contribution in [3.8, 4) is 5.75 Å². The molecule has 0 aromatic heterocycles. The van der Waals surface area contributed by atoms with Crippen molar-refractivity contribution in [2.45, 2.75) is 27.3 Å². The van der Waals surface area contributed by atoms with Gasteiger partial charge in [-0.25, -0.2) is 0 Å². The van der Waals surface area contributed by atoms with Crippen LogP contribution in [0.3, 0.4) is 0 Å². The summed E-state index contributed by atoms with van der Waals surface area (Å²) >= 11 is 5.14. The summed E-state index contributed by atoms with van der Waals surface area (Å²) in [4.78, 5) is 1.51. The zero-order valence-corrected chi connectivity index (χ0v) is 15.9. The Morgan fingerprint density at radius 2 is 2.08 bits per heavy atom. The Kier molecular flexibility index (Phi) is 9.04. The van der Waals surface area contributed by atoms with Crippen LogP contribution in [0.4, 0.5) is 0 Å². The number of hydrogen-bond donors (Lipinski definition) is 3. The fraction of sp³-hybridized carbons (Fsp3) is 0.444. The molecule has 0 unspecified atom stereocenters. The second-order valence-electron chi connectivity index (χ2n) is 5.47. The normalized spacial score (nSPS) is 11.3. The zero-order valence-electron chi connectivity index (χ0n) is 15.1. The number of ether oxygens (including phenoxy) is 1. The molecular formula is C18H29N4OS+. The highest BCUT2D eigenvalue weighted by Gasteiger charge is 2.12. The first-order chi connectivity index (χ1) is 11.5. The van der Waals surface area contributed by atoms with Gasteiger partial charge in [-0.2, -0.15) is 5.10 Å². The number of nitrogens with zero attached hydrogens (tertiary/aromatic N) is 1. The van der Waals surface area contributed by atoms with E-state index in [0.717, 1.165) is 36.7 Å². The SMILES string of the molecule is C=CCNC(=S)N/N=C(/C)c1ccc(OC)c(C[NH+](CC)CC)c1. The molecule has 0 saturated carbocycles. The minimum absolute atomic E-state index is 0.482. The van der Waals surface area contributed by atoms with Gasteiger partial charge in [-0.3, -0.25) is 5.43 Å². The summed E-state index contributed by atoms with van der Waals surface area (Å²) in [5, 5.41) is 7.81. The lowest BCUT2D eigenvalue weighted by Crippen LogP contribution is -3.10. The van der Waals surface area contributed by atoms with E-state index in [0.29, 0.717) is 11.7 Å². The quantitative estimate of drug-likeness (QED) is 0.274. The molecule has 0 atom stereocenters. The number of methoxy groups -OCH3 is 1. The molecule has 0 amide bonds. The van der Waals surface area contributed by atoms with Gasteiger partial charge < -0.3 is 15.0 Å². The van der Waals surface area contributed by atoms with E-state index in [9.17, 15) is 0 Å². The number of hydrazone groups is 1. The average Bonchev–Trinajstić information content (AvgIpc) is 2.61. The first kappa shape index (κ1) is 20.1. The van der Waals surface area contributed by atoms with Crippen molar-refractivity contribution in [2.75, 3.05) is 26.7 Å². The highest BCUT2D eigenvalue weighted by atomic mass is 32.1. The summed E-state index contributed by atoms with van der Waals surface area (Å²) in [6.07, 6.45) is 1.75. The van der Waals surface area contributed by atoms with Gasteiger partial charge >= 0.3 is 0 Å². The Morgan fingerprint density at radius 3 is 2.67 bits per heavy atom. The molecule has 0 fully saturated rings. The van der Waals surface area contributed by atoms with Crippen LogP contribution in [0.15, 0.2) is 36.0 Å². The molecule has 0 aliphatic heterocycles. The fourth-order valence-electron chi connectivity index (χ4n) is 2.31. The largest absolute Gasteiger partial charge is 0.496 e. The third-order valence-corrected chi connectivity index (χ3v) is 4.11. The molecule has 0 spiro atoms. The second-order valence-corrected chi connectivity index (χ2v) is 5.88. The molecule has 0 saturated heterocycles. The van der Waals surface area contributed by atoms with Crippen LogP contribution in [0.5, 0.6) is 5.75 Å². The Balaban J connectivity index is 2.90. The van der Waals surface area contributed by atoms with Crippen LogP contribution >= 0.6 is 12.2 Å². The summed E-state index contributed by atoms with van der Waals surface area (Å²) < 4.78 is 5.50. The van der Waals surface area contributed by atoms with E-state index in [4.69, 9.17) is 17.0 Å². The summed E-state index contributed by atoms with van der Waals surface area (Å²) in [6.45, 7) is 13.7. The van der Waals surface area contributed by atoms with E-state index in [1.807, 2.05) is 19.1 Å². The molecule has 6 heteroatoms. The average molecular weight is 350 g/mol. The predicted octanol–water partition coefficient (Wildman–Crippen LogP) is 1.49. The summed E-state index contributed by atoms with van der Waals surface area (Å²) in [7, 11) is 1.71. The predicted molar refractivity (Wildman–Crippen MR) is 105 cm³/mol. The molecular weight excluding hydrogens is 320 g/mol. The fourth-order valence-corrected chi connectivity index (χ4v) is 2.44. The Bertz CT molecular complexity index is 582. The number of quaternary nitrogens is 1. The molecule has 1 aromatic rings. The Labute approximate surface area is 150 Å². The van der Waals surface area contributed by atoms with Crippen molar-refractivity contribution < 1.29 is 9.64 Å². The molecule has 1 rings (SSSR count). The van der Waals surface area contributed by atoms with Crippen molar-refractivity contribution in [2.24, 2.45) is 5.10 Å². The maximum atomic E-state index is 5.50. The van der Waals surface area contributed by atoms with Gasteiger partial charge in [0.1, 0.15) is 12.3 Å². The van der Waals surface area contributed by atoms with Gasteiger partial charge in [-0.1, -0.05) is 6.08 Å². The van der Waals surface area contributed by atoms with Crippen molar-refractivity contribution in [3.63, 3.8) is 0 Å². The first-order valence-corrected chi connectivity index (χ1v) is 8.66. The van der Waals surface area contributed by atoms with Crippen LogP contribution in [0, 0.1) is 0 Å². The number of hydrogen-bond acceptors (Lipinski definition) is 3. The maximum Gasteiger partial charge on any atom is 0.187 e. The first-order valence-electron chi connectivity index (χ1n) is 8.25. The molecule has 0 aliphatic rings. The van der Waals surface area contributed by atoms with Crippen LogP contribution in [0.1, 0.15) is 31.9 Å². The molecule has 0 heterocycles. The van der Waals surface area contributed by atoms with E-state index in [1.54, 1.807) is 13.2 Å². The number of rotatable bonds is 9. The van der Waals surface area contributed by atoms with E-state index < -0.39 is 0 Å². The lowest BCUT2D eigenvalue weighted by Gasteiger charge is -2.18. The molecule has 1 aromatic carbocycles. The van der Waals surface area contributed by atoms with Crippen molar-refractivity contribution in [1.82, 2.24) is 10.7 Å². The lowest BCUT2D eigenvalue weighted by atomic mass is 10.1. The van der Waals surface area contributed by atoms with Crippen LogP contribution in [-0.2, 0) is 6.54 Å². The summed E-state index contributed by atoms with van der Waals surface area (Å²) in [5.41, 5.74) is 5.97. The minimum atomic E-state index is 0.482. The van der Waals surface area contributed by atoms with Gasteiger partial charge in [-0.05, 0) is 56.8 Å². The number of thiocarbonyl (C=S) groups is 1. The molecule has 24 heavy (non-hydrogen) atoms. The topological polar surface area (TPSA) is 50.1 Å². The Hall–Kier alpha value is -1.92. The van der Waals surface area contributed by atoms with E-state index in [1.165, 1.54) is 10.5 Å². The van der Waals surface area contributed by atoms with E-state index in [2.05, 4.69) is 42.3 Å². The standard InChI is InChI=1S/C18H28N4OS/c1-6-11-19-18(24)21-20-14(4)15-9-10-17(23-5)16(12-15)13-22(7-2)8-3/h6,9-10,12H,1,7-8,11,13H2,2-5H3,(H2,19,21,24)/p+1/b20-14-. The third-order valence-electron chi connectivity index (χ3n) is 3.87. The monoisotopic (exact) mass is 349 g/mol. The number of benzene rings is 1. The van der Waals surface area contributed by atoms with Crippen molar-refractivity contribution in [1.29, 1.82) is 0 Å². The highest BCUT2D eigenvalue weighted by Crippen LogP contribution is 2.19. The van der Waals surface area contributed by atoms with Crippen LogP contribution in [0.2, 0.25) is 0 Å². The molecule has 5 nitrogen and oxygen atoms in total. The van der Waals surface area contributed by atoms with Gasteiger partial charge in [0.15, 0.2) is 5.11 Å². The minimum Gasteiger partial charge on any atom is -0.496 e. The molecule has 132 valence electrons.